The molecule has 0 radical (unpaired) electrons. The molecule has 7 heteroatoms. The predicted molar refractivity (Wildman–Crippen MR) is 65.9 cm³/mol. The van der Waals surface area contributed by atoms with Gasteiger partial charge in [-0.25, -0.2) is 0 Å². The second-order valence-corrected chi connectivity index (χ2v) is 5.39. The Bertz CT molecular complexity index is 607. The average Bonchev–Trinajstić information content (AvgIpc) is 2.72. The molecule has 2 rings (SSSR count). The zero-order valence-electron chi connectivity index (χ0n) is 10.2. The molecule has 0 saturated heterocycles. The fraction of sp³-hybridized carbons (Fsp3) is 0.417. The number of hydrogen-bond donors (Lipinski definition) is 2. The number of aliphatic hydroxyl groups is 1. The molecule has 0 spiro atoms. The number of H-pyrrole nitrogens is 1. The van der Waals surface area contributed by atoms with E-state index in [9.17, 15) is 18.3 Å². The zero-order valence-corrected chi connectivity index (χ0v) is 11.0. The number of halogens is 4. The van der Waals surface area contributed by atoms with Crippen molar-refractivity contribution in [1.82, 2.24) is 10.2 Å². The highest BCUT2D eigenvalue weighted by molar-refractivity contribution is 6.31. The lowest BCUT2D eigenvalue weighted by Crippen LogP contribution is -2.38. The van der Waals surface area contributed by atoms with E-state index in [-0.39, 0.29) is 10.6 Å². The maximum Gasteiger partial charge on any atom is 0.396 e. The van der Waals surface area contributed by atoms with E-state index < -0.39 is 17.7 Å². The van der Waals surface area contributed by atoms with Crippen molar-refractivity contribution in [1.29, 1.82) is 0 Å². The third-order valence-electron chi connectivity index (χ3n) is 3.25. The summed E-state index contributed by atoms with van der Waals surface area (Å²) in [6, 6.07) is 2.89. The summed E-state index contributed by atoms with van der Waals surface area (Å²) in [5.74, 6) is 0. The molecule has 1 heterocycles. The van der Waals surface area contributed by atoms with E-state index in [0.717, 1.165) is 13.8 Å². The van der Waals surface area contributed by atoms with Gasteiger partial charge in [0, 0.05) is 16.0 Å². The molecular weight excluding hydrogens is 281 g/mol. The number of aromatic nitrogens is 2. The maximum atomic E-state index is 13.0. The third-order valence-corrected chi connectivity index (χ3v) is 3.47. The van der Waals surface area contributed by atoms with E-state index in [0.29, 0.717) is 10.9 Å². The Morgan fingerprint density at radius 1 is 1.32 bits per heavy atom. The predicted octanol–water partition coefficient (Wildman–Crippen LogP) is 3.84. The summed E-state index contributed by atoms with van der Waals surface area (Å²) in [5.41, 5.74) is -1.85. The van der Waals surface area contributed by atoms with Crippen molar-refractivity contribution >= 4 is 22.5 Å². The van der Waals surface area contributed by atoms with Gasteiger partial charge < -0.3 is 5.11 Å². The van der Waals surface area contributed by atoms with Crippen LogP contribution in [-0.2, 0) is 0 Å². The highest BCUT2D eigenvalue weighted by Gasteiger charge is 2.52. The lowest BCUT2D eigenvalue weighted by molar-refractivity contribution is -0.242. The number of fused-ring (bicyclic) bond motifs is 1. The normalized spacial score (nSPS) is 14.9. The Morgan fingerprint density at radius 3 is 2.53 bits per heavy atom. The molecule has 0 bridgehead atoms. The number of aliphatic hydroxyl groups excluding tert-OH is 1. The average molecular weight is 293 g/mol. The van der Waals surface area contributed by atoms with Gasteiger partial charge >= 0.3 is 6.18 Å². The van der Waals surface area contributed by atoms with Gasteiger partial charge in [0.25, 0.3) is 0 Å². The van der Waals surface area contributed by atoms with Gasteiger partial charge in [-0.3, -0.25) is 5.10 Å². The smallest absolute Gasteiger partial charge is 0.387 e. The van der Waals surface area contributed by atoms with Crippen molar-refractivity contribution in [3.63, 3.8) is 0 Å². The molecule has 1 aromatic carbocycles. The van der Waals surface area contributed by atoms with Crippen LogP contribution in [-0.4, -0.2) is 21.5 Å². The van der Waals surface area contributed by atoms with Crippen LogP contribution in [0.5, 0.6) is 0 Å². The molecule has 0 aliphatic rings. The van der Waals surface area contributed by atoms with Gasteiger partial charge in [-0.1, -0.05) is 11.6 Å². The molecule has 2 N–H and O–H groups in total. The number of aromatic amines is 1. The molecule has 0 amide bonds. The van der Waals surface area contributed by atoms with E-state index in [2.05, 4.69) is 10.2 Å². The Morgan fingerprint density at radius 2 is 1.95 bits per heavy atom. The van der Waals surface area contributed by atoms with Crippen molar-refractivity contribution in [2.75, 3.05) is 0 Å². The second kappa shape index (κ2) is 4.38. The first-order valence-corrected chi connectivity index (χ1v) is 5.89. The highest BCUT2D eigenvalue weighted by atomic mass is 35.5. The summed E-state index contributed by atoms with van der Waals surface area (Å²) >= 11 is 5.86. The molecule has 0 saturated carbocycles. The number of nitrogens with one attached hydrogen (secondary N) is 1. The molecule has 0 fully saturated rings. The Kier molecular flexibility index (Phi) is 3.26. The fourth-order valence-corrected chi connectivity index (χ4v) is 2.04. The first-order valence-electron chi connectivity index (χ1n) is 5.52. The Labute approximate surface area is 112 Å². The minimum absolute atomic E-state index is 0.0855. The summed E-state index contributed by atoms with van der Waals surface area (Å²) in [7, 11) is 0. The van der Waals surface area contributed by atoms with Crippen molar-refractivity contribution < 1.29 is 18.3 Å². The van der Waals surface area contributed by atoms with Crippen molar-refractivity contribution in [3.8, 4) is 0 Å². The summed E-state index contributed by atoms with van der Waals surface area (Å²) in [5, 5.41) is 17.2. The van der Waals surface area contributed by atoms with Crippen LogP contribution in [0, 0.1) is 5.41 Å². The van der Waals surface area contributed by atoms with Crippen molar-refractivity contribution in [2.45, 2.75) is 26.1 Å². The van der Waals surface area contributed by atoms with Gasteiger partial charge in [-0.2, -0.15) is 18.3 Å². The summed E-state index contributed by atoms with van der Waals surface area (Å²) < 4.78 is 38.9. The quantitative estimate of drug-likeness (QED) is 0.883. The molecule has 0 aliphatic carbocycles. The van der Waals surface area contributed by atoms with Crippen molar-refractivity contribution in [2.24, 2.45) is 5.41 Å². The van der Waals surface area contributed by atoms with Crippen LogP contribution in [0.25, 0.3) is 10.9 Å². The molecule has 19 heavy (non-hydrogen) atoms. The number of nitrogens with zero attached hydrogens (tertiary/aromatic N) is 1. The van der Waals surface area contributed by atoms with E-state index in [4.69, 9.17) is 11.6 Å². The summed E-state index contributed by atoms with van der Waals surface area (Å²) in [6.45, 7) is 1.89. The Hall–Kier alpha value is -1.27. The van der Waals surface area contributed by atoms with E-state index in [1.807, 2.05) is 0 Å². The minimum atomic E-state index is -4.54. The van der Waals surface area contributed by atoms with E-state index in [1.54, 1.807) is 6.07 Å². The number of rotatable bonds is 2. The number of hydrogen-bond acceptors (Lipinski definition) is 2. The van der Waals surface area contributed by atoms with Crippen LogP contribution in [0.1, 0.15) is 25.5 Å². The number of benzene rings is 1. The standard InChI is InChI=1S/C12H12ClF3N2O/c1-11(2,12(14,15)16)10(19)8-4-7(13)3-6-5-17-18-9(6)8/h3-5,10,19H,1-2H3,(H,17,18). The van der Waals surface area contributed by atoms with Crippen molar-refractivity contribution in [3.05, 3.63) is 28.9 Å². The topological polar surface area (TPSA) is 48.9 Å². The van der Waals surface area contributed by atoms with Gasteiger partial charge in [0.15, 0.2) is 0 Å². The van der Waals surface area contributed by atoms with Crippen LogP contribution >= 0.6 is 11.6 Å². The summed E-state index contributed by atoms with van der Waals surface area (Å²) in [4.78, 5) is 0. The van der Waals surface area contributed by atoms with Crippen LogP contribution in [0.15, 0.2) is 18.3 Å². The molecule has 1 atom stereocenters. The van der Waals surface area contributed by atoms with Gasteiger partial charge in [0.05, 0.1) is 23.2 Å². The minimum Gasteiger partial charge on any atom is -0.387 e. The monoisotopic (exact) mass is 292 g/mol. The molecule has 3 nitrogen and oxygen atoms in total. The van der Waals surface area contributed by atoms with E-state index >= 15 is 0 Å². The fourth-order valence-electron chi connectivity index (χ4n) is 1.81. The van der Waals surface area contributed by atoms with E-state index in [1.165, 1.54) is 12.3 Å². The molecule has 104 valence electrons. The van der Waals surface area contributed by atoms with Crippen LogP contribution in [0.2, 0.25) is 5.02 Å². The molecule has 1 unspecified atom stereocenters. The molecule has 0 aliphatic heterocycles. The van der Waals surface area contributed by atoms with Gasteiger partial charge in [-0.05, 0) is 26.0 Å². The van der Waals surface area contributed by atoms with Crippen LogP contribution in [0.3, 0.4) is 0 Å². The molecule has 1 aromatic heterocycles. The van der Waals surface area contributed by atoms with Crippen LogP contribution < -0.4 is 0 Å². The highest BCUT2D eigenvalue weighted by Crippen LogP contribution is 2.48. The maximum absolute atomic E-state index is 13.0. The van der Waals surface area contributed by atoms with Crippen LogP contribution in [0.4, 0.5) is 13.2 Å². The zero-order chi connectivity index (χ0) is 14.4. The first kappa shape index (κ1) is 14.1. The van der Waals surface area contributed by atoms with Gasteiger partial charge in [0.1, 0.15) is 0 Å². The lowest BCUT2D eigenvalue weighted by Gasteiger charge is -2.33. The third kappa shape index (κ3) is 2.30. The van der Waals surface area contributed by atoms with Gasteiger partial charge in [-0.15, -0.1) is 0 Å². The second-order valence-electron chi connectivity index (χ2n) is 4.95. The van der Waals surface area contributed by atoms with Gasteiger partial charge in [0.2, 0.25) is 0 Å². The molecule has 2 aromatic rings. The first-order chi connectivity index (χ1) is 8.64. The number of alkyl halides is 3. The Balaban J connectivity index is 2.58. The summed E-state index contributed by atoms with van der Waals surface area (Å²) in [6.07, 6.45) is -4.84. The lowest BCUT2D eigenvalue weighted by atomic mass is 9.81. The molecular formula is C12H12ClF3N2O. The SMILES string of the molecule is CC(C)(C(O)c1cc(Cl)cc2cn[nH]c12)C(F)(F)F. The largest absolute Gasteiger partial charge is 0.396 e.